The zero-order valence-electron chi connectivity index (χ0n) is 15.4. The third kappa shape index (κ3) is 2.12. The monoisotopic (exact) mass is 349 g/mol. The number of para-hydroxylation sites is 1. The van der Waals surface area contributed by atoms with Crippen molar-refractivity contribution in [1.29, 1.82) is 0 Å². The van der Waals surface area contributed by atoms with Crippen LogP contribution in [0.15, 0.2) is 72.8 Å². The Hall–Kier alpha value is -3.31. The molecule has 2 nitrogen and oxygen atoms in total. The second-order valence-corrected chi connectivity index (χ2v) is 7.46. The summed E-state index contributed by atoms with van der Waals surface area (Å²) in [6, 6.07) is 24.3. The topological polar surface area (TPSA) is 20.3 Å². The first-order chi connectivity index (χ1) is 13.1. The van der Waals surface area contributed by atoms with E-state index >= 15 is 0 Å². The lowest BCUT2D eigenvalue weighted by molar-refractivity contribution is 0.0982. The number of carbonyl (C=O) groups excluding carboxylic acids is 1. The molecule has 0 unspecified atom stereocenters. The summed E-state index contributed by atoms with van der Waals surface area (Å²) in [6.45, 7) is 4.23. The van der Waals surface area contributed by atoms with Gasteiger partial charge in [-0.3, -0.25) is 9.69 Å². The number of hydrogen-bond donors (Lipinski definition) is 0. The Morgan fingerprint density at radius 2 is 1.70 bits per heavy atom. The third-order valence-corrected chi connectivity index (χ3v) is 5.80. The van der Waals surface area contributed by atoms with Gasteiger partial charge in [-0.25, -0.2) is 0 Å². The molecular weight excluding hydrogens is 330 g/mol. The molecule has 2 aliphatic heterocycles. The smallest absolute Gasteiger partial charge is 0.259 e. The second-order valence-electron chi connectivity index (χ2n) is 7.46. The van der Waals surface area contributed by atoms with Gasteiger partial charge in [0.05, 0.1) is 11.5 Å². The van der Waals surface area contributed by atoms with Crippen molar-refractivity contribution in [3.63, 3.8) is 0 Å². The van der Waals surface area contributed by atoms with E-state index in [-0.39, 0.29) is 11.8 Å². The molecular formula is C25H19NO. The van der Waals surface area contributed by atoms with Gasteiger partial charge in [-0.2, -0.15) is 0 Å². The molecule has 0 saturated heterocycles. The normalized spacial score (nSPS) is 21.9. The van der Waals surface area contributed by atoms with Crippen molar-refractivity contribution in [1.82, 2.24) is 0 Å². The largest absolute Gasteiger partial charge is 0.296 e. The maximum Gasteiger partial charge on any atom is 0.259 e. The highest BCUT2D eigenvalue weighted by atomic mass is 16.2. The number of fused-ring (bicyclic) bond motifs is 5. The maximum absolute atomic E-state index is 13.3. The number of nitrogens with zero attached hydrogens (tertiary/aromatic N) is 1. The zero-order chi connectivity index (χ0) is 18.6. The quantitative estimate of drug-likeness (QED) is 0.522. The number of hydrogen-bond acceptors (Lipinski definition) is 1. The van der Waals surface area contributed by atoms with Crippen molar-refractivity contribution >= 4 is 11.6 Å². The van der Waals surface area contributed by atoms with E-state index in [4.69, 9.17) is 0 Å². The summed E-state index contributed by atoms with van der Waals surface area (Å²) in [4.78, 5) is 15.2. The molecule has 27 heavy (non-hydrogen) atoms. The first-order valence-electron chi connectivity index (χ1n) is 9.22. The predicted octanol–water partition coefficient (Wildman–Crippen LogP) is 5.02. The van der Waals surface area contributed by atoms with E-state index in [1.807, 2.05) is 65.6 Å². The van der Waals surface area contributed by atoms with Gasteiger partial charge in [0.2, 0.25) is 0 Å². The van der Waals surface area contributed by atoms with Gasteiger partial charge >= 0.3 is 0 Å². The molecule has 0 radical (unpaired) electrons. The van der Waals surface area contributed by atoms with Crippen LogP contribution in [0.4, 0.5) is 5.69 Å². The molecule has 2 heterocycles. The fraction of sp³-hybridized carbons (Fsp3) is 0.160. The van der Waals surface area contributed by atoms with Crippen LogP contribution in [0.25, 0.3) is 0 Å². The van der Waals surface area contributed by atoms with Crippen molar-refractivity contribution in [2.24, 2.45) is 0 Å². The molecule has 0 aliphatic carbocycles. The van der Waals surface area contributed by atoms with Gasteiger partial charge in [0.25, 0.3) is 5.91 Å². The van der Waals surface area contributed by atoms with Crippen LogP contribution >= 0.6 is 0 Å². The summed E-state index contributed by atoms with van der Waals surface area (Å²) in [5.74, 6) is 6.85. The molecule has 3 aromatic carbocycles. The molecule has 0 spiro atoms. The molecule has 3 aromatic rings. The predicted molar refractivity (Wildman–Crippen MR) is 108 cm³/mol. The zero-order valence-corrected chi connectivity index (χ0v) is 15.4. The molecule has 5 rings (SSSR count). The number of anilines is 1. The molecule has 2 heteroatoms. The van der Waals surface area contributed by atoms with Gasteiger partial charge < -0.3 is 0 Å². The molecule has 0 saturated carbocycles. The molecule has 0 fully saturated rings. The lowest BCUT2D eigenvalue weighted by Gasteiger charge is -2.32. The number of carbonyl (C=O) groups is 1. The molecule has 2 aliphatic rings. The SMILES string of the molecule is Cc1ccc2c(c1)[C@@]1(C)[C@@H](C#Cc3ccccc3)c3ccccc3N1C2=O. The summed E-state index contributed by atoms with van der Waals surface area (Å²) >= 11 is 0. The van der Waals surface area contributed by atoms with Gasteiger partial charge in [0.15, 0.2) is 0 Å². The average molecular weight is 349 g/mol. The van der Waals surface area contributed by atoms with Crippen LogP contribution < -0.4 is 4.90 Å². The van der Waals surface area contributed by atoms with Crippen LogP contribution in [0, 0.1) is 18.8 Å². The Bertz CT molecular complexity index is 1140. The van der Waals surface area contributed by atoms with E-state index in [0.717, 1.165) is 33.5 Å². The Balaban J connectivity index is 1.74. The van der Waals surface area contributed by atoms with Gasteiger partial charge in [-0.15, -0.1) is 0 Å². The highest BCUT2D eigenvalue weighted by Crippen LogP contribution is 2.57. The minimum absolute atomic E-state index is 0.0686. The molecule has 2 atom stereocenters. The number of amides is 1. The summed E-state index contributed by atoms with van der Waals surface area (Å²) in [6.07, 6.45) is 0. The van der Waals surface area contributed by atoms with Crippen molar-refractivity contribution in [3.8, 4) is 11.8 Å². The minimum Gasteiger partial charge on any atom is -0.296 e. The number of benzene rings is 3. The fourth-order valence-electron chi connectivity index (χ4n) is 4.49. The van der Waals surface area contributed by atoms with Gasteiger partial charge in [-0.05, 0) is 49.2 Å². The van der Waals surface area contributed by atoms with E-state index < -0.39 is 5.54 Å². The van der Waals surface area contributed by atoms with E-state index in [1.165, 1.54) is 0 Å². The van der Waals surface area contributed by atoms with E-state index in [0.29, 0.717) is 0 Å². The van der Waals surface area contributed by atoms with Crippen molar-refractivity contribution in [2.75, 3.05) is 4.90 Å². The van der Waals surface area contributed by atoms with Crippen molar-refractivity contribution in [3.05, 3.63) is 101 Å². The molecule has 0 bridgehead atoms. The fourth-order valence-corrected chi connectivity index (χ4v) is 4.49. The highest BCUT2D eigenvalue weighted by Gasteiger charge is 2.57. The molecule has 1 amide bonds. The standard InChI is InChI=1S/C25H19NO/c1-17-12-14-20-22(16-17)25(2)21(15-13-18-8-4-3-5-9-18)19-10-6-7-11-23(19)26(25)24(20)27/h3-12,14,16,21H,1-2H3/t21-,25+/m0/s1. The van der Waals surface area contributed by atoms with Crippen LogP contribution in [0.3, 0.4) is 0 Å². The Labute approximate surface area is 159 Å². The summed E-state index contributed by atoms with van der Waals surface area (Å²) in [5.41, 5.74) is 5.65. The van der Waals surface area contributed by atoms with Crippen LogP contribution in [0.5, 0.6) is 0 Å². The number of rotatable bonds is 0. The highest BCUT2D eigenvalue weighted by molar-refractivity contribution is 6.14. The average Bonchev–Trinajstić information content (AvgIpc) is 3.07. The summed E-state index contributed by atoms with van der Waals surface area (Å²) in [7, 11) is 0. The molecule has 130 valence electrons. The number of aryl methyl sites for hydroxylation is 1. The first kappa shape index (κ1) is 15.9. The summed E-state index contributed by atoms with van der Waals surface area (Å²) in [5, 5.41) is 0. The van der Waals surface area contributed by atoms with Crippen LogP contribution in [0.2, 0.25) is 0 Å². The second kappa shape index (κ2) is 5.59. The van der Waals surface area contributed by atoms with Gasteiger partial charge in [-0.1, -0.05) is 65.9 Å². The Morgan fingerprint density at radius 3 is 2.52 bits per heavy atom. The van der Waals surface area contributed by atoms with Crippen molar-refractivity contribution in [2.45, 2.75) is 25.3 Å². The Morgan fingerprint density at radius 1 is 0.963 bits per heavy atom. The minimum atomic E-state index is -0.482. The lowest BCUT2D eigenvalue weighted by atomic mass is 9.78. The maximum atomic E-state index is 13.3. The van der Waals surface area contributed by atoms with Gasteiger partial charge in [0, 0.05) is 16.8 Å². The summed E-state index contributed by atoms with van der Waals surface area (Å²) < 4.78 is 0. The van der Waals surface area contributed by atoms with Crippen molar-refractivity contribution < 1.29 is 4.79 Å². The van der Waals surface area contributed by atoms with E-state index in [9.17, 15) is 4.79 Å². The van der Waals surface area contributed by atoms with Gasteiger partial charge in [0.1, 0.15) is 0 Å². The van der Waals surface area contributed by atoms with Crippen LogP contribution in [-0.4, -0.2) is 5.91 Å². The first-order valence-corrected chi connectivity index (χ1v) is 9.22. The van der Waals surface area contributed by atoms with E-state index in [1.54, 1.807) is 0 Å². The lowest BCUT2D eigenvalue weighted by Crippen LogP contribution is -2.40. The van der Waals surface area contributed by atoms with E-state index in [2.05, 4.69) is 37.8 Å². The molecule has 0 N–H and O–H groups in total. The Kier molecular flexibility index (Phi) is 3.29. The third-order valence-electron chi connectivity index (χ3n) is 5.80. The molecule has 0 aromatic heterocycles. The van der Waals surface area contributed by atoms with Crippen LogP contribution in [0.1, 0.15) is 45.5 Å². The van der Waals surface area contributed by atoms with Crippen LogP contribution in [-0.2, 0) is 5.54 Å².